The summed E-state index contributed by atoms with van der Waals surface area (Å²) in [5.41, 5.74) is 0. The molecule has 1 fully saturated rings. The predicted octanol–water partition coefficient (Wildman–Crippen LogP) is 0.537. The highest BCUT2D eigenvalue weighted by Crippen LogP contribution is 2.05. The van der Waals surface area contributed by atoms with Gasteiger partial charge in [0.1, 0.15) is 6.04 Å². The van der Waals surface area contributed by atoms with Crippen molar-refractivity contribution in [2.24, 2.45) is 0 Å². The molecule has 0 aromatic heterocycles. The van der Waals surface area contributed by atoms with Crippen LogP contribution in [0.3, 0.4) is 0 Å². The first-order valence-electron chi connectivity index (χ1n) is 4.80. The summed E-state index contributed by atoms with van der Waals surface area (Å²) >= 11 is 1.94. The van der Waals surface area contributed by atoms with Crippen LogP contribution >= 0.6 is 11.8 Å². The Labute approximate surface area is 84.5 Å². The van der Waals surface area contributed by atoms with Gasteiger partial charge in [0.05, 0.1) is 6.07 Å². The number of hydrogen-bond acceptors (Lipinski definition) is 4. The predicted molar refractivity (Wildman–Crippen MR) is 56.8 cm³/mol. The smallest absolute Gasteiger partial charge is 0.110 e. The maximum Gasteiger partial charge on any atom is 0.110 e. The van der Waals surface area contributed by atoms with Crippen LogP contribution < -0.4 is 5.32 Å². The second-order valence-corrected chi connectivity index (χ2v) is 4.48. The first-order valence-corrected chi connectivity index (χ1v) is 5.96. The average molecular weight is 199 g/mol. The topological polar surface area (TPSA) is 39.1 Å². The minimum Gasteiger partial charge on any atom is -0.313 e. The summed E-state index contributed by atoms with van der Waals surface area (Å²) in [6.45, 7) is 6.09. The molecule has 1 rings (SSSR count). The number of nitrogens with one attached hydrogen (secondary N) is 1. The zero-order chi connectivity index (χ0) is 9.52. The lowest BCUT2D eigenvalue weighted by Crippen LogP contribution is -2.51. The molecule has 0 spiro atoms. The quantitative estimate of drug-likeness (QED) is 0.671. The Bertz CT molecular complexity index is 178. The molecule has 1 aliphatic rings. The molecule has 4 heteroatoms. The van der Waals surface area contributed by atoms with E-state index in [4.69, 9.17) is 5.26 Å². The van der Waals surface area contributed by atoms with Gasteiger partial charge < -0.3 is 5.32 Å². The lowest BCUT2D eigenvalue weighted by atomic mass is 10.2. The van der Waals surface area contributed by atoms with Gasteiger partial charge in [-0.15, -0.1) is 0 Å². The van der Waals surface area contributed by atoms with E-state index in [2.05, 4.69) is 23.2 Å². The molecule has 74 valence electrons. The molecule has 0 bridgehead atoms. The van der Waals surface area contributed by atoms with Gasteiger partial charge in [-0.2, -0.15) is 17.0 Å². The molecular weight excluding hydrogens is 182 g/mol. The molecule has 3 nitrogen and oxygen atoms in total. The number of piperazine rings is 1. The number of hydrogen-bond donors (Lipinski definition) is 1. The van der Waals surface area contributed by atoms with Crippen LogP contribution in [0, 0.1) is 11.3 Å². The Balaban J connectivity index is 2.24. The van der Waals surface area contributed by atoms with E-state index in [-0.39, 0.29) is 6.04 Å². The van der Waals surface area contributed by atoms with Crippen molar-refractivity contribution in [1.29, 1.82) is 5.26 Å². The van der Waals surface area contributed by atoms with Crippen molar-refractivity contribution in [3.8, 4) is 6.07 Å². The van der Waals surface area contributed by atoms with Crippen molar-refractivity contribution >= 4 is 11.8 Å². The van der Waals surface area contributed by atoms with Crippen LogP contribution in [0.2, 0.25) is 0 Å². The molecule has 0 saturated carbocycles. The van der Waals surface area contributed by atoms with Gasteiger partial charge in [-0.25, -0.2) is 0 Å². The number of nitrogens with zero attached hydrogens (tertiary/aromatic N) is 2. The summed E-state index contributed by atoms with van der Waals surface area (Å²) in [5.74, 6) is 2.32. The van der Waals surface area contributed by atoms with Crippen LogP contribution in [0.15, 0.2) is 0 Å². The third kappa shape index (κ3) is 3.55. The Morgan fingerprint density at radius 2 is 2.54 bits per heavy atom. The second-order valence-electron chi connectivity index (χ2n) is 3.08. The van der Waals surface area contributed by atoms with Crippen molar-refractivity contribution in [3.05, 3.63) is 0 Å². The van der Waals surface area contributed by atoms with Crippen molar-refractivity contribution < 1.29 is 0 Å². The monoisotopic (exact) mass is 199 g/mol. The SMILES string of the molecule is CCSCCN1CCNCC1C#N. The minimum absolute atomic E-state index is 0.0891. The fourth-order valence-corrected chi connectivity index (χ4v) is 2.12. The molecule has 1 N–H and O–H groups in total. The number of thioether (sulfide) groups is 1. The lowest BCUT2D eigenvalue weighted by molar-refractivity contribution is 0.209. The van der Waals surface area contributed by atoms with Gasteiger partial charge in [-0.3, -0.25) is 4.90 Å². The zero-order valence-corrected chi connectivity index (χ0v) is 8.94. The van der Waals surface area contributed by atoms with Crippen molar-refractivity contribution in [2.75, 3.05) is 37.7 Å². The Morgan fingerprint density at radius 1 is 1.69 bits per heavy atom. The van der Waals surface area contributed by atoms with Crippen LogP contribution in [0.5, 0.6) is 0 Å². The summed E-state index contributed by atoms with van der Waals surface area (Å²) < 4.78 is 0. The molecule has 0 aromatic carbocycles. The highest BCUT2D eigenvalue weighted by atomic mass is 32.2. The number of nitriles is 1. The van der Waals surface area contributed by atoms with Crippen molar-refractivity contribution in [2.45, 2.75) is 13.0 Å². The summed E-state index contributed by atoms with van der Waals surface area (Å²) in [7, 11) is 0. The highest BCUT2D eigenvalue weighted by molar-refractivity contribution is 7.99. The van der Waals surface area contributed by atoms with Crippen LogP contribution in [0.4, 0.5) is 0 Å². The Hall–Kier alpha value is -0.240. The molecule has 1 saturated heterocycles. The van der Waals surface area contributed by atoms with Crippen LogP contribution in [0.25, 0.3) is 0 Å². The number of rotatable bonds is 4. The summed E-state index contributed by atoms with van der Waals surface area (Å²) in [6, 6.07) is 2.42. The molecule has 0 amide bonds. The average Bonchev–Trinajstić information content (AvgIpc) is 2.19. The van der Waals surface area contributed by atoms with Gasteiger partial charge in [0.15, 0.2) is 0 Å². The standard InChI is InChI=1S/C9H17N3S/c1-2-13-6-5-12-4-3-11-8-9(12)7-10/h9,11H,2-6,8H2,1H3. The van der Waals surface area contributed by atoms with Gasteiger partial charge >= 0.3 is 0 Å². The van der Waals surface area contributed by atoms with E-state index in [0.717, 1.165) is 31.9 Å². The molecule has 1 atom stereocenters. The van der Waals surface area contributed by atoms with Crippen molar-refractivity contribution in [3.63, 3.8) is 0 Å². The van der Waals surface area contributed by atoms with Crippen LogP contribution in [-0.2, 0) is 0 Å². The minimum atomic E-state index is 0.0891. The first kappa shape index (κ1) is 10.8. The maximum atomic E-state index is 8.88. The van der Waals surface area contributed by atoms with E-state index < -0.39 is 0 Å². The molecule has 1 heterocycles. The third-order valence-corrected chi connectivity index (χ3v) is 3.11. The van der Waals surface area contributed by atoms with Gasteiger partial charge in [0.2, 0.25) is 0 Å². The van der Waals surface area contributed by atoms with Gasteiger partial charge in [-0.1, -0.05) is 6.92 Å². The third-order valence-electron chi connectivity index (χ3n) is 2.23. The fraction of sp³-hybridized carbons (Fsp3) is 0.889. The van der Waals surface area contributed by atoms with E-state index in [9.17, 15) is 0 Å². The lowest BCUT2D eigenvalue weighted by Gasteiger charge is -2.31. The zero-order valence-electron chi connectivity index (χ0n) is 8.12. The highest BCUT2D eigenvalue weighted by Gasteiger charge is 2.20. The van der Waals surface area contributed by atoms with E-state index in [1.165, 1.54) is 5.75 Å². The van der Waals surface area contributed by atoms with E-state index >= 15 is 0 Å². The molecular formula is C9H17N3S. The largest absolute Gasteiger partial charge is 0.313 e. The van der Waals surface area contributed by atoms with Crippen LogP contribution in [-0.4, -0.2) is 48.6 Å². The summed E-state index contributed by atoms with van der Waals surface area (Å²) in [6.07, 6.45) is 0. The molecule has 0 radical (unpaired) electrons. The van der Waals surface area contributed by atoms with E-state index in [0.29, 0.717) is 0 Å². The second kappa shape index (κ2) is 6.25. The van der Waals surface area contributed by atoms with Gasteiger partial charge in [-0.05, 0) is 5.75 Å². The summed E-state index contributed by atoms with van der Waals surface area (Å²) in [4.78, 5) is 2.28. The molecule has 1 unspecified atom stereocenters. The first-order chi connectivity index (χ1) is 6.38. The molecule has 1 aliphatic heterocycles. The van der Waals surface area contributed by atoms with Gasteiger partial charge in [0.25, 0.3) is 0 Å². The maximum absolute atomic E-state index is 8.88. The summed E-state index contributed by atoms with van der Waals surface area (Å²) in [5, 5.41) is 12.1. The van der Waals surface area contributed by atoms with Crippen LogP contribution in [0.1, 0.15) is 6.92 Å². The van der Waals surface area contributed by atoms with E-state index in [1.807, 2.05) is 11.8 Å². The Kier molecular flexibility index (Phi) is 5.21. The fourth-order valence-electron chi connectivity index (χ4n) is 1.47. The van der Waals surface area contributed by atoms with E-state index in [1.54, 1.807) is 0 Å². The molecule has 13 heavy (non-hydrogen) atoms. The van der Waals surface area contributed by atoms with Gasteiger partial charge in [0, 0.05) is 31.9 Å². The molecule has 0 aliphatic carbocycles. The Morgan fingerprint density at radius 3 is 3.23 bits per heavy atom. The molecule has 0 aromatic rings. The van der Waals surface area contributed by atoms with Crippen molar-refractivity contribution in [1.82, 2.24) is 10.2 Å². The normalized spacial score (nSPS) is 24.2.